The molecule has 0 spiro atoms. The number of nitrogens with zero attached hydrogens (tertiary/aromatic N) is 2. The van der Waals surface area contributed by atoms with Gasteiger partial charge in [0, 0.05) is 0 Å². The van der Waals surface area contributed by atoms with E-state index in [1.807, 2.05) is 49.4 Å². The van der Waals surface area contributed by atoms with E-state index in [4.69, 9.17) is 5.11 Å². The lowest BCUT2D eigenvalue weighted by atomic mass is 10.0. The Morgan fingerprint density at radius 3 is 2.75 bits per heavy atom. The number of aliphatic carboxylic acids is 1. The molecule has 3 rings (SSSR count). The van der Waals surface area contributed by atoms with Gasteiger partial charge in [-0.1, -0.05) is 48.2 Å². The summed E-state index contributed by atoms with van der Waals surface area (Å²) in [6, 6.07) is 14.1. The Labute approximate surface area is 142 Å². The van der Waals surface area contributed by atoms with E-state index in [1.54, 1.807) is 0 Å². The van der Waals surface area contributed by atoms with Crippen molar-refractivity contribution < 1.29 is 14.7 Å². The Kier molecular flexibility index (Phi) is 4.61. The predicted octanol–water partition coefficient (Wildman–Crippen LogP) is 2.63. The minimum Gasteiger partial charge on any atom is -0.481 e. The molecule has 0 radical (unpaired) electrons. The molecule has 2 aromatic rings. The highest BCUT2D eigenvalue weighted by molar-refractivity contribution is 8.15. The van der Waals surface area contributed by atoms with Crippen LogP contribution in [0.25, 0.3) is 10.8 Å². The second-order valence-corrected chi connectivity index (χ2v) is 6.54. The fraction of sp³-hybridized carbons (Fsp3) is 0.176. The molecule has 2 aromatic carbocycles. The second kappa shape index (κ2) is 6.84. The monoisotopic (exact) mass is 341 g/mol. The maximum absolute atomic E-state index is 11.7. The molecule has 6 nitrogen and oxygen atoms in total. The molecule has 24 heavy (non-hydrogen) atoms. The highest BCUT2D eigenvalue weighted by atomic mass is 32.2. The first-order valence-electron chi connectivity index (χ1n) is 7.33. The first kappa shape index (κ1) is 16.2. The van der Waals surface area contributed by atoms with Crippen LogP contribution in [-0.4, -0.2) is 33.1 Å². The van der Waals surface area contributed by atoms with Crippen LogP contribution >= 0.6 is 11.8 Å². The Morgan fingerprint density at radius 1 is 1.25 bits per heavy atom. The summed E-state index contributed by atoms with van der Waals surface area (Å²) in [6.45, 7) is 1.84. The minimum absolute atomic E-state index is 0.233. The van der Waals surface area contributed by atoms with Crippen molar-refractivity contribution >= 4 is 45.3 Å². The van der Waals surface area contributed by atoms with Gasteiger partial charge in [-0.3, -0.25) is 9.59 Å². The molecule has 0 saturated carbocycles. The average Bonchev–Trinajstić information content (AvgIpc) is 2.91. The third kappa shape index (κ3) is 3.62. The highest BCUT2D eigenvalue weighted by Crippen LogP contribution is 2.22. The van der Waals surface area contributed by atoms with Crippen LogP contribution in [0.2, 0.25) is 0 Å². The molecule has 7 heteroatoms. The van der Waals surface area contributed by atoms with E-state index < -0.39 is 11.2 Å². The number of carbonyl (C=O) groups is 2. The maximum atomic E-state index is 11.7. The minimum atomic E-state index is -1.01. The number of carbonyl (C=O) groups excluding carboxylic acids is 1. The summed E-state index contributed by atoms with van der Waals surface area (Å²) in [7, 11) is 0. The standard InChI is InChI=1S/C17H15N3O3S/c1-10(12-7-6-11-4-2-3-5-13(11)8-12)19-20-17-18-16(23)14(24-17)9-15(21)22/h2-8,14H,9H2,1H3,(H,21,22)(H,18,20,23)/b19-10+/t14-/m0/s1. The van der Waals surface area contributed by atoms with Crippen LogP contribution in [0.15, 0.2) is 52.7 Å². The van der Waals surface area contributed by atoms with Gasteiger partial charge in [0.25, 0.3) is 0 Å². The van der Waals surface area contributed by atoms with Crippen LogP contribution < -0.4 is 5.32 Å². The number of hydrogen-bond acceptors (Lipinski definition) is 5. The van der Waals surface area contributed by atoms with Gasteiger partial charge in [-0.2, -0.15) is 5.10 Å². The van der Waals surface area contributed by atoms with Crippen LogP contribution in [-0.2, 0) is 9.59 Å². The largest absolute Gasteiger partial charge is 0.481 e. The van der Waals surface area contributed by atoms with Crippen molar-refractivity contribution in [2.75, 3.05) is 0 Å². The van der Waals surface area contributed by atoms with E-state index in [2.05, 4.69) is 15.5 Å². The molecule has 1 saturated heterocycles. The average molecular weight is 341 g/mol. The predicted molar refractivity (Wildman–Crippen MR) is 95.4 cm³/mol. The molecule has 1 aliphatic heterocycles. The van der Waals surface area contributed by atoms with Crippen molar-refractivity contribution in [1.29, 1.82) is 0 Å². The summed E-state index contributed by atoms with van der Waals surface area (Å²) < 4.78 is 0. The van der Waals surface area contributed by atoms with Crippen molar-refractivity contribution in [2.24, 2.45) is 10.2 Å². The summed E-state index contributed by atoms with van der Waals surface area (Å²) in [5, 5.41) is 21.4. The van der Waals surface area contributed by atoms with E-state index in [0.717, 1.165) is 28.1 Å². The first-order valence-corrected chi connectivity index (χ1v) is 8.21. The number of carboxylic acids is 1. The zero-order chi connectivity index (χ0) is 17.1. The number of amides is 1. The Morgan fingerprint density at radius 2 is 2.00 bits per heavy atom. The molecule has 0 unspecified atom stereocenters. The molecule has 0 aromatic heterocycles. The van der Waals surface area contributed by atoms with Crippen molar-refractivity contribution in [2.45, 2.75) is 18.6 Å². The number of thioether (sulfide) groups is 1. The van der Waals surface area contributed by atoms with Gasteiger partial charge in [0.05, 0.1) is 12.1 Å². The lowest BCUT2D eigenvalue weighted by Gasteiger charge is -2.02. The fourth-order valence-corrected chi connectivity index (χ4v) is 3.25. The van der Waals surface area contributed by atoms with Crippen molar-refractivity contribution in [3.63, 3.8) is 0 Å². The van der Waals surface area contributed by atoms with Crippen molar-refractivity contribution in [3.05, 3.63) is 48.0 Å². The molecule has 1 heterocycles. The molecule has 1 amide bonds. The summed E-state index contributed by atoms with van der Waals surface area (Å²) in [4.78, 5) is 22.4. The quantitative estimate of drug-likeness (QED) is 0.660. The van der Waals surface area contributed by atoms with E-state index in [1.165, 1.54) is 0 Å². The molecule has 1 aliphatic rings. The van der Waals surface area contributed by atoms with Crippen LogP contribution in [0.5, 0.6) is 0 Å². The number of fused-ring (bicyclic) bond motifs is 1. The van der Waals surface area contributed by atoms with Crippen LogP contribution in [0.1, 0.15) is 18.9 Å². The number of carboxylic acid groups (broad SMARTS) is 1. The van der Waals surface area contributed by atoms with Gasteiger partial charge in [-0.05, 0) is 29.3 Å². The van der Waals surface area contributed by atoms with Crippen LogP contribution in [0.4, 0.5) is 0 Å². The van der Waals surface area contributed by atoms with Gasteiger partial charge in [0.1, 0.15) is 5.25 Å². The number of amidine groups is 1. The fourth-order valence-electron chi connectivity index (χ4n) is 2.34. The maximum Gasteiger partial charge on any atom is 0.305 e. The Bertz CT molecular complexity index is 876. The summed E-state index contributed by atoms with van der Waals surface area (Å²) >= 11 is 1.09. The highest BCUT2D eigenvalue weighted by Gasteiger charge is 2.32. The lowest BCUT2D eigenvalue weighted by Crippen LogP contribution is -2.26. The Balaban J connectivity index is 1.78. The third-order valence-electron chi connectivity index (χ3n) is 3.59. The zero-order valence-electron chi connectivity index (χ0n) is 12.9. The van der Waals surface area contributed by atoms with Crippen molar-refractivity contribution in [3.8, 4) is 0 Å². The Hall–Kier alpha value is -2.67. The normalized spacial score (nSPS) is 19.7. The molecular weight excluding hydrogens is 326 g/mol. The van der Waals surface area contributed by atoms with Gasteiger partial charge in [0.15, 0.2) is 5.17 Å². The van der Waals surface area contributed by atoms with E-state index in [0.29, 0.717) is 10.9 Å². The number of benzene rings is 2. The van der Waals surface area contributed by atoms with Crippen LogP contribution in [0.3, 0.4) is 0 Å². The number of nitrogens with one attached hydrogen (secondary N) is 1. The van der Waals surface area contributed by atoms with Gasteiger partial charge in [-0.15, -0.1) is 5.10 Å². The van der Waals surface area contributed by atoms with Gasteiger partial charge in [0.2, 0.25) is 5.91 Å². The lowest BCUT2D eigenvalue weighted by molar-refractivity contribution is -0.138. The van der Waals surface area contributed by atoms with E-state index in [9.17, 15) is 9.59 Å². The van der Waals surface area contributed by atoms with E-state index in [-0.39, 0.29) is 12.3 Å². The molecule has 0 bridgehead atoms. The first-order chi connectivity index (χ1) is 11.5. The molecule has 122 valence electrons. The van der Waals surface area contributed by atoms with Gasteiger partial charge < -0.3 is 10.4 Å². The van der Waals surface area contributed by atoms with Crippen molar-refractivity contribution in [1.82, 2.24) is 5.32 Å². The summed E-state index contributed by atoms with van der Waals surface area (Å²) in [5.74, 6) is -1.36. The summed E-state index contributed by atoms with van der Waals surface area (Å²) in [6.07, 6.45) is -0.233. The summed E-state index contributed by atoms with van der Waals surface area (Å²) in [5.41, 5.74) is 1.65. The molecule has 0 aliphatic carbocycles. The number of hydrogen-bond donors (Lipinski definition) is 2. The topological polar surface area (TPSA) is 91.1 Å². The molecule has 2 N–H and O–H groups in total. The van der Waals surface area contributed by atoms with Crippen LogP contribution in [0, 0.1) is 0 Å². The zero-order valence-corrected chi connectivity index (χ0v) is 13.7. The SMILES string of the molecule is C/C(=N\N=C1\NC(=O)[C@H](CC(=O)O)S1)c1ccc2ccccc2c1. The smallest absolute Gasteiger partial charge is 0.305 e. The molecule has 1 atom stereocenters. The number of rotatable bonds is 4. The van der Waals surface area contributed by atoms with E-state index >= 15 is 0 Å². The third-order valence-corrected chi connectivity index (χ3v) is 4.67. The molecule has 1 fully saturated rings. The van der Waals surface area contributed by atoms with Gasteiger partial charge >= 0.3 is 5.97 Å². The van der Waals surface area contributed by atoms with Gasteiger partial charge in [-0.25, -0.2) is 0 Å². The second-order valence-electron chi connectivity index (χ2n) is 5.35. The molecular formula is C17H15N3O3S.